The molecule has 0 amide bonds. The summed E-state index contributed by atoms with van der Waals surface area (Å²) in [6.07, 6.45) is 3.29. The second-order valence-electron chi connectivity index (χ2n) is 4.94. The summed E-state index contributed by atoms with van der Waals surface area (Å²) in [4.78, 5) is 9.99. The molecule has 0 saturated heterocycles. The highest BCUT2D eigenvalue weighted by molar-refractivity contribution is 9.11. The van der Waals surface area contributed by atoms with E-state index in [4.69, 9.17) is 0 Å². The largest absolute Gasteiger partial charge is 0.229 e. The lowest BCUT2D eigenvalue weighted by Gasteiger charge is -2.04. The number of thiophene rings is 1. The van der Waals surface area contributed by atoms with Crippen molar-refractivity contribution in [2.75, 3.05) is 0 Å². The molecule has 0 spiro atoms. The molecule has 4 nitrogen and oxygen atoms in total. The number of thioether (sulfide) groups is 1. The Kier molecular flexibility index (Phi) is 4.34. The Morgan fingerprint density at radius 2 is 1.96 bits per heavy atom. The number of hydrogen-bond donors (Lipinski definition) is 0. The standard InChI is InChI=1S/C16H10BrFN4S2/c17-14-6-5-12(24-14)8-23-16-13-7-21-22(15(13)19-9-20-16)11-3-1-10(18)2-4-11/h1-7,9H,8H2. The zero-order valence-electron chi connectivity index (χ0n) is 12.2. The van der Waals surface area contributed by atoms with Crippen LogP contribution in [0.5, 0.6) is 0 Å². The summed E-state index contributed by atoms with van der Waals surface area (Å²) >= 11 is 6.84. The van der Waals surface area contributed by atoms with Crippen LogP contribution in [0.2, 0.25) is 0 Å². The molecule has 8 heteroatoms. The third kappa shape index (κ3) is 3.09. The number of rotatable bonds is 4. The average molecular weight is 421 g/mol. The summed E-state index contributed by atoms with van der Waals surface area (Å²) < 4.78 is 15.9. The Bertz CT molecular complexity index is 997. The topological polar surface area (TPSA) is 43.6 Å². The van der Waals surface area contributed by atoms with Crippen LogP contribution in [0.1, 0.15) is 4.88 Å². The fourth-order valence-corrected chi connectivity index (χ4v) is 4.77. The maximum atomic E-state index is 13.1. The van der Waals surface area contributed by atoms with Crippen molar-refractivity contribution in [3.05, 3.63) is 63.4 Å². The molecule has 0 bridgehead atoms. The van der Waals surface area contributed by atoms with Crippen molar-refractivity contribution in [1.82, 2.24) is 19.7 Å². The lowest BCUT2D eigenvalue weighted by Crippen LogP contribution is -1.98. The molecule has 0 fully saturated rings. The summed E-state index contributed by atoms with van der Waals surface area (Å²) in [5.41, 5.74) is 1.48. The Hall–Kier alpha value is -1.77. The van der Waals surface area contributed by atoms with E-state index in [1.807, 2.05) is 6.07 Å². The molecule has 0 aliphatic heterocycles. The van der Waals surface area contributed by atoms with E-state index in [1.54, 1.807) is 46.1 Å². The second kappa shape index (κ2) is 6.62. The molecule has 120 valence electrons. The molecule has 0 unspecified atom stereocenters. The molecule has 0 radical (unpaired) electrons. The maximum absolute atomic E-state index is 13.1. The third-order valence-electron chi connectivity index (χ3n) is 3.38. The van der Waals surface area contributed by atoms with Gasteiger partial charge in [0.2, 0.25) is 0 Å². The molecule has 0 aliphatic rings. The molecule has 0 aliphatic carbocycles. The number of nitrogens with zero attached hydrogens (tertiary/aromatic N) is 4. The van der Waals surface area contributed by atoms with Gasteiger partial charge in [0.25, 0.3) is 0 Å². The molecule has 24 heavy (non-hydrogen) atoms. The van der Waals surface area contributed by atoms with E-state index in [2.05, 4.69) is 37.1 Å². The maximum Gasteiger partial charge on any atom is 0.167 e. The SMILES string of the molecule is Fc1ccc(-n2ncc3c(SCc4ccc(Br)s4)ncnc32)cc1. The van der Waals surface area contributed by atoms with Crippen molar-refractivity contribution in [2.24, 2.45) is 0 Å². The van der Waals surface area contributed by atoms with Crippen molar-refractivity contribution >= 4 is 50.1 Å². The van der Waals surface area contributed by atoms with Gasteiger partial charge in [0.1, 0.15) is 17.2 Å². The van der Waals surface area contributed by atoms with Crippen molar-refractivity contribution in [3.8, 4) is 5.69 Å². The zero-order chi connectivity index (χ0) is 16.5. The van der Waals surface area contributed by atoms with Crippen LogP contribution in [-0.2, 0) is 5.75 Å². The Labute approximate surface area is 153 Å². The molecular formula is C16H10BrFN4S2. The predicted molar refractivity (Wildman–Crippen MR) is 98.2 cm³/mol. The fraction of sp³-hybridized carbons (Fsp3) is 0.0625. The van der Waals surface area contributed by atoms with Gasteiger partial charge in [-0.1, -0.05) is 11.8 Å². The van der Waals surface area contributed by atoms with E-state index >= 15 is 0 Å². The van der Waals surface area contributed by atoms with Gasteiger partial charge in [-0.2, -0.15) is 5.10 Å². The minimum absolute atomic E-state index is 0.275. The molecule has 4 aromatic rings. The molecular weight excluding hydrogens is 411 g/mol. The fourth-order valence-electron chi connectivity index (χ4n) is 2.28. The van der Waals surface area contributed by atoms with Gasteiger partial charge in [-0.05, 0) is 52.3 Å². The Morgan fingerprint density at radius 3 is 2.71 bits per heavy atom. The van der Waals surface area contributed by atoms with Crippen LogP contribution in [-0.4, -0.2) is 19.7 Å². The van der Waals surface area contributed by atoms with Gasteiger partial charge in [-0.15, -0.1) is 11.3 Å². The van der Waals surface area contributed by atoms with Crippen molar-refractivity contribution < 1.29 is 4.39 Å². The lowest BCUT2D eigenvalue weighted by molar-refractivity contribution is 0.627. The van der Waals surface area contributed by atoms with Crippen LogP contribution in [0.25, 0.3) is 16.7 Å². The van der Waals surface area contributed by atoms with E-state index in [0.717, 1.165) is 25.6 Å². The van der Waals surface area contributed by atoms with Crippen molar-refractivity contribution in [1.29, 1.82) is 0 Å². The Balaban J connectivity index is 1.67. The summed E-state index contributed by atoms with van der Waals surface area (Å²) in [6.45, 7) is 0. The number of aromatic nitrogens is 4. The molecule has 0 N–H and O–H groups in total. The van der Waals surface area contributed by atoms with Gasteiger partial charge in [0.15, 0.2) is 5.65 Å². The van der Waals surface area contributed by atoms with E-state index in [0.29, 0.717) is 5.65 Å². The Morgan fingerprint density at radius 1 is 1.12 bits per heavy atom. The second-order valence-corrected chi connectivity index (χ2v) is 8.46. The minimum Gasteiger partial charge on any atom is -0.229 e. The van der Waals surface area contributed by atoms with Crippen LogP contribution in [0.3, 0.4) is 0 Å². The van der Waals surface area contributed by atoms with Gasteiger partial charge in [0, 0.05) is 10.6 Å². The van der Waals surface area contributed by atoms with E-state index in [1.165, 1.54) is 23.3 Å². The smallest absolute Gasteiger partial charge is 0.167 e. The molecule has 0 saturated carbocycles. The van der Waals surface area contributed by atoms with Crippen LogP contribution in [0.15, 0.2) is 57.7 Å². The first-order valence-electron chi connectivity index (χ1n) is 7.02. The summed E-state index contributed by atoms with van der Waals surface area (Å²) in [5.74, 6) is 0.563. The predicted octanol–water partition coefficient (Wildman–Crippen LogP) is 5.07. The van der Waals surface area contributed by atoms with Crippen LogP contribution in [0.4, 0.5) is 4.39 Å². The lowest BCUT2D eigenvalue weighted by atomic mass is 10.3. The summed E-state index contributed by atoms with van der Waals surface area (Å²) in [6, 6.07) is 10.3. The number of fused-ring (bicyclic) bond motifs is 1. The molecule has 0 atom stereocenters. The molecule has 3 aromatic heterocycles. The summed E-state index contributed by atoms with van der Waals surface area (Å²) in [5, 5.41) is 6.17. The highest BCUT2D eigenvalue weighted by Crippen LogP contribution is 2.31. The molecule has 4 rings (SSSR count). The van der Waals surface area contributed by atoms with Gasteiger partial charge in [0.05, 0.1) is 21.1 Å². The first-order chi connectivity index (χ1) is 11.7. The number of hydrogen-bond acceptors (Lipinski definition) is 5. The van der Waals surface area contributed by atoms with Gasteiger partial charge in [-0.25, -0.2) is 19.0 Å². The quantitative estimate of drug-likeness (QED) is 0.341. The van der Waals surface area contributed by atoms with E-state index < -0.39 is 0 Å². The molecule has 1 aromatic carbocycles. The van der Waals surface area contributed by atoms with Gasteiger partial charge < -0.3 is 0 Å². The van der Waals surface area contributed by atoms with Crippen LogP contribution in [0, 0.1) is 5.82 Å². The monoisotopic (exact) mass is 420 g/mol. The normalized spacial score (nSPS) is 11.2. The van der Waals surface area contributed by atoms with Gasteiger partial charge in [-0.3, -0.25) is 0 Å². The van der Waals surface area contributed by atoms with Crippen molar-refractivity contribution in [3.63, 3.8) is 0 Å². The minimum atomic E-state index is -0.275. The number of halogens is 2. The first-order valence-corrected chi connectivity index (χ1v) is 9.62. The van der Waals surface area contributed by atoms with Crippen molar-refractivity contribution in [2.45, 2.75) is 10.8 Å². The van der Waals surface area contributed by atoms with Gasteiger partial charge >= 0.3 is 0 Å². The third-order valence-corrected chi connectivity index (χ3v) is 6.24. The first kappa shape index (κ1) is 15.7. The van der Waals surface area contributed by atoms with E-state index in [9.17, 15) is 4.39 Å². The highest BCUT2D eigenvalue weighted by Gasteiger charge is 2.12. The number of benzene rings is 1. The highest BCUT2D eigenvalue weighted by atomic mass is 79.9. The van der Waals surface area contributed by atoms with Crippen LogP contribution >= 0.6 is 39.0 Å². The van der Waals surface area contributed by atoms with Crippen LogP contribution < -0.4 is 0 Å². The molecule has 3 heterocycles. The average Bonchev–Trinajstić information content (AvgIpc) is 3.20. The summed E-state index contributed by atoms with van der Waals surface area (Å²) in [7, 11) is 0. The zero-order valence-corrected chi connectivity index (χ0v) is 15.4. The van der Waals surface area contributed by atoms with E-state index in [-0.39, 0.29) is 5.82 Å².